The molecule has 0 saturated heterocycles. The van der Waals surface area contributed by atoms with Crippen molar-refractivity contribution in [3.05, 3.63) is 146 Å². The summed E-state index contributed by atoms with van der Waals surface area (Å²) in [5.41, 5.74) is 11.0. The highest BCUT2D eigenvalue weighted by Crippen LogP contribution is 2.45. The van der Waals surface area contributed by atoms with Gasteiger partial charge in [0.15, 0.2) is 0 Å². The molecule has 42 heavy (non-hydrogen) atoms. The molecule has 0 spiro atoms. The monoisotopic (exact) mass is 540 g/mol. The maximum absolute atomic E-state index is 4.23. The summed E-state index contributed by atoms with van der Waals surface area (Å²) >= 11 is 0. The van der Waals surface area contributed by atoms with Gasteiger partial charge in [0.05, 0.1) is 0 Å². The van der Waals surface area contributed by atoms with Gasteiger partial charge in [-0.3, -0.25) is 9.97 Å². The molecule has 0 amide bonds. The van der Waals surface area contributed by atoms with Crippen LogP contribution in [-0.2, 0) is 5.41 Å². The summed E-state index contributed by atoms with van der Waals surface area (Å²) < 4.78 is 0. The van der Waals surface area contributed by atoms with Crippen LogP contribution in [0.15, 0.2) is 140 Å². The fourth-order valence-electron chi connectivity index (χ4n) is 6.06. The van der Waals surface area contributed by atoms with E-state index in [0.29, 0.717) is 0 Å². The molecule has 7 aromatic rings. The topological polar surface area (TPSA) is 25.8 Å². The molecule has 0 atom stereocenters. The summed E-state index contributed by atoms with van der Waals surface area (Å²) in [4.78, 5) is 8.45. The molecule has 0 bridgehead atoms. The van der Waals surface area contributed by atoms with E-state index in [1.807, 2.05) is 24.8 Å². The Hall–Kier alpha value is -5.08. The summed E-state index contributed by atoms with van der Waals surface area (Å²) in [6.07, 6.45) is 7.43. The molecular weight excluding hydrogens is 508 g/mol. The lowest BCUT2D eigenvalue weighted by molar-refractivity contribution is 0.591. The number of fused-ring (bicyclic) bond motifs is 2. The van der Waals surface area contributed by atoms with Gasteiger partial charge in [-0.15, -0.1) is 0 Å². The summed E-state index contributed by atoms with van der Waals surface area (Å²) in [7, 11) is 0. The normalized spacial score (nSPS) is 11.7. The van der Waals surface area contributed by atoms with Gasteiger partial charge in [-0.05, 0) is 119 Å². The minimum absolute atomic E-state index is 0.0252. The van der Waals surface area contributed by atoms with Gasteiger partial charge in [-0.2, -0.15) is 0 Å². The molecule has 202 valence electrons. The first kappa shape index (κ1) is 25.9. The van der Waals surface area contributed by atoms with Crippen molar-refractivity contribution in [3.63, 3.8) is 0 Å². The molecule has 0 saturated carbocycles. The van der Waals surface area contributed by atoms with Gasteiger partial charge in [0.2, 0.25) is 0 Å². The van der Waals surface area contributed by atoms with Crippen LogP contribution in [0.25, 0.3) is 66.1 Å². The highest BCUT2D eigenvalue weighted by atomic mass is 14.6. The van der Waals surface area contributed by atoms with Crippen LogP contribution in [0, 0.1) is 0 Å². The number of hydrogen-bond acceptors (Lipinski definition) is 2. The molecule has 2 nitrogen and oxygen atoms in total. The summed E-state index contributed by atoms with van der Waals surface area (Å²) in [5.74, 6) is 0. The quantitative estimate of drug-likeness (QED) is 0.208. The average Bonchev–Trinajstić information content (AvgIpc) is 3.04. The number of pyridine rings is 2. The fourth-order valence-corrected chi connectivity index (χ4v) is 6.06. The van der Waals surface area contributed by atoms with Crippen LogP contribution >= 0.6 is 0 Å². The molecule has 0 fully saturated rings. The van der Waals surface area contributed by atoms with Crippen LogP contribution in [0.4, 0.5) is 0 Å². The van der Waals surface area contributed by atoms with Gasteiger partial charge in [0.25, 0.3) is 0 Å². The van der Waals surface area contributed by atoms with E-state index in [4.69, 9.17) is 0 Å². The van der Waals surface area contributed by atoms with Gasteiger partial charge < -0.3 is 0 Å². The van der Waals surface area contributed by atoms with Crippen molar-refractivity contribution >= 4 is 21.5 Å². The van der Waals surface area contributed by atoms with Crippen LogP contribution in [0.5, 0.6) is 0 Å². The highest BCUT2D eigenvalue weighted by Gasteiger charge is 2.20. The zero-order chi connectivity index (χ0) is 28.7. The second-order valence-corrected chi connectivity index (χ2v) is 11.9. The molecule has 0 aliphatic heterocycles. The Balaban J connectivity index is 1.56. The Morgan fingerprint density at radius 1 is 0.381 bits per heavy atom. The summed E-state index contributed by atoms with van der Waals surface area (Å²) in [5, 5.41) is 5.05. The highest BCUT2D eigenvalue weighted by molar-refractivity contribution is 6.21. The third kappa shape index (κ3) is 4.65. The molecule has 2 aromatic heterocycles. The molecule has 0 aliphatic carbocycles. The van der Waals surface area contributed by atoms with E-state index in [2.05, 4.69) is 146 Å². The zero-order valence-electron chi connectivity index (χ0n) is 24.2. The third-order valence-corrected chi connectivity index (χ3v) is 8.22. The molecule has 0 aliphatic rings. The zero-order valence-corrected chi connectivity index (χ0v) is 24.2. The van der Waals surface area contributed by atoms with E-state index in [0.717, 1.165) is 0 Å². The van der Waals surface area contributed by atoms with Gasteiger partial charge >= 0.3 is 0 Å². The van der Waals surface area contributed by atoms with E-state index >= 15 is 0 Å². The molecule has 2 heterocycles. The molecule has 0 N–H and O–H groups in total. The van der Waals surface area contributed by atoms with Gasteiger partial charge in [0, 0.05) is 24.8 Å². The van der Waals surface area contributed by atoms with Crippen molar-refractivity contribution in [2.45, 2.75) is 26.2 Å². The Kier molecular flexibility index (Phi) is 6.40. The smallest absolute Gasteiger partial charge is 0.0273 e. The largest absolute Gasteiger partial charge is 0.265 e. The van der Waals surface area contributed by atoms with Gasteiger partial charge in [0.1, 0.15) is 0 Å². The lowest BCUT2D eigenvalue weighted by atomic mass is 9.81. The minimum atomic E-state index is 0.0252. The van der Waals surface area contributed by atoms with Gasteiger partial charge in [-0.1, -0.05) is 93.6 Å². The van der Waals surface area contributed by atoms with E-state index in [9.17, 15) is 0 Å². The summed E-state index contributed by atoms with van der Waals surface area (Å²) in [6.45, 7) is 6.87. The first-order valence-corrected chi connectivity index (χ1v) is 14.5. The molecule has 0 unspecified atom stereocenters. The van der Waals surface area contributed by atoms with E-state index in [-0.39, 0.29) is 5.41 Å². The van der Waals surface area contributed by atoms with Crippen molar-refractivity contribution in [3.8, 4) is 44.5 Å². The average molecular weight is 541 g/mol. The minimum Gasteiger partial charge on any atom is -0.265 e. The Morgan fingerprint density at radius 2 is 0.833 bits per heavy atom. The lowest BCUT2D eigenvalue weighted by Crippen LogP contribution is -2.10. The lowest BCUT2D eigenvalue weighted by Gasteiger charge is -2.23. The predicted molar refractivity (Wildman–Crippen MR) is 177 cm³/mol. The van der Waals surface area contributed by atoms with E-state index < -0.39 is 0 Å². The summed E-state index contributed by atoms with van der Waals surface area (Å²) in [6, 6.07) is 42.1. The number of hydrogen-bond donors (Lipinski definition) is 0. The maximum Gasteiger partial charge on any atom is 0.0273 e. The van der Waals surface area contributed by atoms with Crippen LogP contribution < -0.4 is 0 Å². The standard InChI is InChI=1S/C40H32N2/c1-40(2,3)33-14-15-36-37(26-33)39(32-11-7-9-30(25-32)28-18-22-42-23-19-28)35-13-5-4-12-34(35)38(36)31-10-6-8-29(24-31)27-16-20-41-21-17-27/h4-26H,1-3H3. The van der Waals surface area contributed by atoms with Crippen molar-refractivity contribution < 1.29 is 0 Å². The number of nitrogens with zero attached hydrogens (tertiary/aromatic N) is 2. The van der Waals surface area contributed by atoms with Crippen molar-refractivity contribution in [2.24, 2.45) is 0 Å². The Bertz CT molecular complexity index is 2050. The Labute approximate surface area is 247 Å². The van der Waals surface area contributed by atoms with Crippen molar-refractivity contribution in [2.75, 3.05) is 0 Å². The molecule has 7 rings (SSSR count). The van der Waals surface area contributed by atoms with Crippen molar-refractivity contribution in [1.82, 2.24) is 9.97 Å². The molecule has 0 radical (unpaired) electrons. The molecule has 5 aromatic carbocycles. The van der Waals surface area contributed by atoms with Crippen LogP contribution in [0.2, 0.25) is 0 Å². The van der Waals surface area contributed by atoms with Crippen molar-refractivity contribution in [1.29, 1.82) is 0 Å². The predicted octanol–water partition coefficient (Wildman–Crippen LogP) is 10.7. The first-order chi connectivity index (χ1) is 20.5. The number of rotatable bonds is 4. The van der Waals surface area contributed by atoms with E-state index in [1.54, 1.807) is 0 Å². The van der Waals surface area contributed by atoms with E-state index in [1.165, 1.54) is 71.6 Å². The van der Waals surface area contributed by atoms with Gasteiger partial charge in [-0.25, -0.2) is 0 Å². The molecule has 2 heteroatoms. The second kappa shape index (κ2) is 10.4. The first-order valence-electron chi connectivity index (χ1n) is 14.5. The maximum atomic E-state index is 4.23. The van der Waals surface area contributed by atoms with Crippen LogP contribution in [0.1, 0.15) is 26.3 Å². The molecular formula is C40H32N2. The number of benzene rings is 5. The second-order valence-electron chi connectivity index (χ2n) is 11.9. The SMILES string of the molecule is CC(C)(C)c1ccc2c(-c3cccc(-c4ccncc4)c3)c3ccccc3c(-c3cccc(-c4ccncc4)c3)c2c1. The third-order valence-electron chi connectivity index (χ3n) is 8.22. The Morgan fingerprint density at radius 3 is 1.33 bits per heavy atom. The fraction of sp³-hybridized carbons (Fsp3) is 0.100. The van der Waals surface area contributed by atoms with Crippen LogP contribution in [-0.4, -0.2) is 9.97 Å². The number of aromatic nitrogens is 2. The van der Waals surface area contributed by atoms with Crippen LogP contribution in [0.3, 0.4) is 0 Å².